The Morgan fingerprint density at radius 2 is 1.94 bits per heavy atom. The van der Waals surface area contributed by atoms with E-state index in [1.807, 2.05) is 6.08 Å². The van der Waals surface area contributed by atoms with Gasteiger partial charge in [0.2, 0.25) is 0 Å². The molecule has 0 aliphatic heterocycles. The highest BCUT2D eigenvalue weighted by Gasteiger charge is 2.63. The molecule has 0 unspecified atom stereocenters. The summed E-state index contributed by atoms with van der Waals surface area (Å²) >= 11 is 0. The van der Waals surface area contributed by atoms with Gasteiger partial charge in [-0.15, -0.1) is 0 Å². The zero-order valence-corrected chi connectivity index (χ0v) is 20.8. The normalized spacial score (nSPS) is 40.9. The van der Waals surface area contributed by atoms with Gasteiger partial charge in [0.15, 0.2) is 0 Å². The smallest absolute Gasteiger partial charge is 0.117 e. The van der Waals surface area contributed by atoms with Crippen LogP contribution in [-0.2, 0) is 4.74 Å². The van der Waals surface area contributed by atoms with Crippen LogP contribution in [0.2, 0.25) is 0 Å². The first-order valence-electron chi connectivity index (χ1n) is 12.8. The van der Waals surface area contributed by atoms with Crippen LogP contribution >= 0.6 is 0 Å². The minimum atomic E-state index is -0.710. The monoisotopic (exact) mass is 438 g/mol. The maximum absolute atomic E-state index is 12.0. The van der Waals surface area contributed by atoms with Gasteiger partial charge in [-0.05, 0) is 105 Å². The van der Waals surface area contributed by atoms with Crippen LogP contribution in [0.4, 0.5) is 0 Å². The summed E-state index contributed by atoms with van der Waals surface area (Å²) in [6.07, 6.45) is 15.0. The van der Waals surface area contributed by atoms with Crippen LogP contribution in [0.5, 0.6) is 0 Å². The highest BCUT2D eigenvalue weighted by atomic mass is 16.5. The summed E-state index contributed by atoms with van der Waals surface area (Å²) in [4.78, 5) is 2.09. The molecule has 0 aromatic heterocycles. The van der Waals surface area contributed by atoms with Crippen LogP contribution in [0.1, 0.15) is 79.1 Å². The second kappa shape index (κ2) is 8.56. The summed E-state index contributed by atoms with van der Waals surface area (Å²) in [6.45, 7) is 10.6. The molecule has 4 heteroatoms. The molecule has 1 N–H and O–H groups in total. The molecule has 0 aromatic carbocycles. The molecule has 2 saturated carbocycles. The number of hydrogen-bond acceptors (Lipinski definition) is 4. The molecule has 2 fully saturated rings. The SMILES string of the molecule is CCN(CC)C(C#N)=CC[C@]1(O)CC[C@H]2[C@@H]3CC=C4C=C(OC)CC[C@]4(C)[C@H]3CC[C@@]21C. The summed E-state index contributed by atoms with van der Waals surface area (Å²) in [5, 5.41) is 21.6. The zero-order valence-electron chi connectivity index (χ0n) is 20.8. The van der Waals surface area contributed by atoms with Gasteiger partial charge in [0, 0.05) is 19.5 Å². The summed E-state index contributed by atoms with van der Waals surface area (Å²) in [6, 6.07) is 2.37. The molecule has 0 heterocycles. The fraction of sp³-hybridized carbons (Fsp3) is 0.750. The lowest BCUT2D eigenvalue weighted by Gasteiger charge is -2.58. The molecule has 0 amide bonds. The van der Waals surface area contributed by atoms with E-state index in [4.69, 9.17) is 4.74 Å². The third-order valence-corrected chi connectivity index (χ3v) is 10.2. The molecule has 4 rings (SSSR count). The van der Waals surface area contributed by atoms with Crippen LogP contribution in [0.3, 0.4) is 0 Å². The van der Waals surface area contributed by atoms with E-state index in [2.05, 4.69) is 50.8 Å². The highest BCUT2D eigenvalue weighted by molar-refractivity contribution is 5.36. The van der Waals surface area contributed by atoms with Crippen molar-refractivity contribution in [3.63, 3.8) is 0 Å². The first-order chi connectivity index (χ1) is 15.3. The van der Waals surface area contributed by atoms with Crippen molar-refractivity contribution in [2.45, 2.75) is 84.7 Å². The van der Waals surface area contributed by atoms with E-state index in [1.54, 1.807) is 7.11 Å². The maximum atomic E-state index is 12.0. The lowest BCUT2D eigenvalue weighted by atomic mass is 9.47. The molecule has 32 heavy (non-hydrogen) atoms. The van der Waals surface area contributed by atoms with Gasteiger partial charge in [0.05, 0.1) is 18.5 Å². The third-order valence-electron chi connectivity index (χ3n) is 10.2. The molecule has 0 spiro atoms. The molecule has 4 aliphatic carbocycles. The molecule has 0 aromatic rings. The standard InChI is InChI=1S/C28H42N2O2/c1-6-30(7-2)21(19-29)10-16-28(31)17-13-25-23-9-8-20-18-22(32-5)11-14-26(20,3)24(23)12-15-27(25,28)4/h8,10,18,23-25,31H,6-7,9,11-17H2,1-5H3/t23-,24+,25+,26+,27+,28+/m1/s1. The van der Waals surface area contributed by atoms with E-state index in [0.717, 1.165) is 51.0 Å². The zero-order chi connectivity index (χ0) is 23.1. The van der Waals surface area contributed by atoms with Gasteiger partial charge in [0.25, 0.3) is 0 Å². The number of methoxy groups -OCH3 is 1. The van der Waals surface area contributed by atoms with Crippen LogP contribution in [-0.4, -0.2) is 35.8 Å². The van der Waals surface area contributed by atoms with E-state index in [1.165, 1.54) is 18.4 Å². The first-order valence-corrected chi connectivity index (χ1v) is 12.8. The van der Waals surface area contributed by atoms with Crippen molar-refractivity contribution < 1.29 is 9.84 Å². The highest BCUT2D eigenvalue weighted by Crippen LogP contribution is 2.67. The molecule has 6 atom stereocenters. The maximum Gasteiger partial charge on any atom is 0.117 e. The van der Waals surface area contributed by atoms with Crippen molar-refractivity contribution in [2.24, 2.45) is 28.6 Å². The topological polar surface area (TPSA) is 56.5 Å². The summed E-state index contributed by atoms with van der Waals surface area (Å²) in [7, 11) is 1.79. The fourth-order valence-electron chi connectivity index (χ4n) is 7.98. The van der Waals surface area contributed by atoms with E-state index in [9.17, 15) is 10.4 Å². The van der Waals surface area contributed by atoms with Gasteiger partial charge < -0.3 is 14.7 Å². The second-order valence-electron chi connectivity index (χ2n) is 11.1. The number of nitriles is 1. The molecular formula is C28H42N2O2. The number of allylic oxidation sites excluding steroid dienone is 5. The Hall–Kier alpha value is -1.73. The number of rotatable bonds is 6. The Morgan fingerprint density at radius 3 is 2.59 bits per heavy atom. The first kappa shape index (κ1) is 23.4. The molecule has 4 aliphatic rings. The van der Waals surface area contributed by atoms with Gasteiger partial charge in [-0.3, -0.25) is 0 Å². The number of nitrogens with zero attached hydrogens (tertiary/aromatic N) is 2. The van der Waals surface area contributed by atoms with Crippen LogP contribution in [0, 0.1) is 39.9 Å². The predicted octanol–water partition coefficient (Wildman–Crippen LogP) is 5.96. The Labute approximate surface area is 195 Å². The summed E-state index contributed by atoms with van der Waals surface area (Å²) in [5.74, 6) is 3.02. The Bertz CT molecular complexity index is 863. The van der Waals surface area contributed by atoms with Gasteiger partial charge in [0.1, 0.15) is 11.8 Å². The number of fused-ring (bicyclic) bond motifs is 5. The largest absolute Gasteiger partial charge is 0.501 e. The molecule has 0 radical (unpaired) electrons. The molecule has 4 nitrogen and oxygen atoms in total. The van der Waals surface area contributed by atoms with Gasteiger partial charge in [-0.25, -0.2) is 0 Å². The Kier molecular flexibility index (Phi) is 6.27. The van der Waals surface area contributed by atoms with Crippen molar-refractivity contribution in [2.75, 3.05) is 20.2 Å². The second-order valence-corrected chi connectivity index (χ2v) is 11.1. The average Bonchev–Trinajstić information content (AvgIpc) is 3.07. The van der Waals surface area contributed by atoms with E-state index in [-0.39, 0.29) is 10.8 Å². The lowest BCUT2D eigenvalue weighted by molar-refractivity contribution is -0.120. The lowest BCUT2D eigenvalue weighted by Crippen LogP contribution is -2.54. The minimum absolute atomic E-state index is 0.0710. The number of ether oxygens (including phenoxy) is 1. The molecule has 0 saturated heterocycles. The van der Waals surface area contributed by atoms with Crippen LogP contribution in [0.15, 0.2) is 35.3 Å². The minimum Gasteiger partial charge on any atom is -0.501 e. The Balaban J connectivity index is 1.59. The van der Waals surface area contributed by atoms with E-state index < -0.39 is 5.60 Å². The van der Waals surface area contributed by atoms with Crippen molar-refractivity contribution in [3.05, 3.63) is 35.3 Å². The predicted molar refractivity (Wildman–Crippen MR) is 128 cm³/mol. The van der Waals surface area contributed by atoms with Crippen molar-refractivity contribution in [1.29, 1.82) is 5.26 Å². The van der Waals surface area contributed by atoms with Crippen LogP contribution < -0.4 is 0 Å². The molecule has 176 valence electrons. The summed E-state index contributed by atoms with van der Waals surface area (Å²) < 4.78 is 5.58. The third kappa shape index (κ3) is 3.43. The molecular weight excluding hydrogens is 396 g/mol. The van der Waals surface area contributed by atoms with Gasteiger partial charge in [-0.2, -0.15) is 5.26 Å². The quantitative estimate of drug-likeness (QED) is 0.520. The summed E-state index contributed by atoms with van der Waals surface area (Å²) in [5.41, 5.74) is 1.66. The molecule has 0 bridgehead atoms. The average molecular weight is 439 g/mol. The van der Waals surface area contributed by atoms with Crippen LogP contribution in [0.25, 0.3) is 0 Å². The van der Waals surface area contributed by atoms with Crippen molar-refractivity contribution in [1.82, 2.24) is 4.90 Å². The van der Waals surface area contributed by atoms with Crippen molar-refractivity contribution >= 4 is 0 Å². The van der Waals surface area contributed by atoms with E-state index in [0.29, 0.717) is 29.9 Å². The van der Waals surface area contributed by atoms with Gasteiger partial charge in [-0.1, -0.05) is 19.9 Å². The van der Waals surface area contributed by atoms with Crippen molar-refractivity contribution in [3.8, 4) is 6.07 Å². The Morgan fingerprint density at radius 1 is 1.22 bits per heavy atom. The number of aliphatic hydroxyl groups is 1. The fourth-order valence-corrected chi connectivity index (χ4v) is 7.98. The number of hydrogen-bond donors (Lipinski definition) is 1. The van der Waals surface area contributed by atoms with E-state index >= 15 is 0 Å². The van der Waals surface area contributed by atoms with Gasteiger partial charge >= 0.3 is 0 Å².